The largest absolute Gasteiger partial charge is 0.503 e. The number of hydrogen-bond acceptors (Lipinski definition) is 3. The molecule has 0 saturated carbocycles. The summed E-state index contributed by atoms with van der Waals surface area (Å²) in [5.41, 5.74) is 0.798. The Bertz CT molecular complexity index is 523. The Balaban J connectivity index is 2.59. The van der Waals surface area contributed by atoms with E-state index in [1.807, 2.05) is 17.8 Å². The second-order valence-corrected chi connectivity index (χ2v) is 3.78. The summed E-state index contributed by atoms with van der Waals surface area (Å²) in [6, 6.07) is 3.35. The van der Waals surface area contributed by atoms with Crippen molar-refractivity contribution in [2.75, 3.05) is 7.11 Å². The van der Waals surface area contributed by atoms with Crippen LogP contribution >= 0.6 is 11.6 Å². The van der Waals surface area contributed by atoms with E-state index < -0.39 is 0 Å². The lowest BCUT2D eigenvalue weighted by Gasteiger charge is -2.08. The summed E-state index contributed by atoms with van der Waals surface area (Å²) in [6.07, 6.45) is 3.53. The van der Waals surface area contributed by atoms with Crippen molar-refractivity contribution in [2.24, 2.45) is 7.05 Å². The maximum atomic E-state index is 9.60. The number of aryl methyl sites for hydroxylation is 1. The highest BCUT2D eigenvalue weighted by Crippen LogP contribution is 2.37. The lowest BCUT2D eigenvalue weighted by atomic mass is 10.2. The second kappa shape index (κ2) is 4.06. The number of benzene rings is 1. The summed E-state index contributed by atoms with van der Waals surface area (Å²) in [5.74, 6) is 1.05. The summed E-state index contributed by atoms with van der Waals surface area (Å²) < 4.78 is 6.90. The lowest BCUT2D eigenvalue weighted by molar-refractivity contribution is 0.374. The van der Waals surface area contributed by atoms with Crippen LogP contribution in [0.2, 0.25) is 5.02 Å². The number of phenolic OH excluding ortho intramolecular Hbond substituents is 1. The number of aromatic nitrogens is 2. The van der Waals surface area contributed by atoms with Gasteiger partial charge >= 0.3 is 0 Å². The Morgan fingerprint density at radius 2 is 2.19 bits per heavy atom. The zero-order chi connectivity index (χ0) is 11.7. The van der Waals surface area contributed by atoms with E-state index in [0.29, 0.717) is 5.75 Å². The lowest BCUT2D eigenvalue weighted by Crippen LogP contribution is -1.93. The Labute approximate surface area is 98.1 Å². The third-order valence-electron chi connectivity index (χ3n) is 2.33. The summed E-state index contributed by atoms with van der Waals surface area (Å²) in [6.45, 7) is 0. The molecule has 2 rings (SSSR count). The minimum Gasteiger partial charge on any atom is -0.503 e. The Hall–Kier alpha value is -1.68. The molecular weight excluding hydrogens is 228 g/mol. The molecule has 5 heteroatoms. The number of hydrogen-bond donors (Lipinski definition) is 1. The molecule has 0 spiro atoms. The smallest absolute Gasteiger partial charge is 0.176 e. The van der Waals surface area contributed by atoms with Crippen LogP contribution in [0.1, 0.15) is 0 Å². The van der Waals surface area contributed by atoms with Crippen molar-refractivity contribution in [3.63, 3.8) is 0 Å². The summed E-state index contributed by atoms with van der Waals surface area (Å²) >= 11 is 5.90. The van der Waals surface area contributed by atoms with Crippen molar-refractivity contribution < 1.29 is 9.84 Å². The fraction of sp³-hybridized carbons (Fsp3) is 0.182. The molecule has 84 valence electrons. The van der Waals surface area contributed by atoms with Crippen molar-refractivity contribution in [2.45, 2.75) is 0 Å². The van der Waals surface area contributed by atoms with Gasteiger partial charge in [-0.05, 0) is 12.1 Å². The first kappa shape index (κ1) is 10.8. The van der Waals surface area contributed by atoms with Crippen molar-refractivity contribution in [1.82, 2.24) is 9.55 Å². The average Bonchev–Trinajstić information content (AvgIpc) is 2.68. The molecule has 0 aliphatic carbocycles. The zero-order valence-corrected chi connectivity index (χ0v) is 9.69. The van der Waals surface area contributed by atoms with Crippen molar-refractivity contribution in [3.8, 4) is 22.9 Å². The fourth-order valence-electron chi connectivity index (χ4n) is 1.50. The molecule has 1 aromatic heterocycles. The molecule has 1 heterocycles. The van der Waals surface area contributed by atoms with Crippen molar-refractivity contribution >= 4 is 11.6 Å². The van der Waals surface area contributed by atoms with E-state index >= 15 is 0 Å². The van der Waals surface area contributed by atoms with Gasteiger partial charge in [-0.3, -0.25) is 0 Å². The molecule has 0 aliphatic rings. The predicted molar refractivity (Wildman–Crippen MR) is 61.9 cm³/mol. The standard InChI is InChI=1S/C11H11ClN2O2/c1-14-4-3-13-11(14)7-5-8(12)10(15)9(6-7)16-2/h3-6,15H,1-2H3. The quantitative estimate of drug-likeness (QED) is 0.874. The third-order valence-corrected chi connectivity index (χ3v) is 2.62. The van der Waals surface area contributed by atoms with Crippen LogP contribution in [-0.2, 0) is 7.05 Å². The van der Waals surface area contributed by atoms with E-state index in [0.717, 1.165) is 11.4 Å². The molecular formula is C11H11ClN2O2. The average molecular weight is 239 g/mol. The van der Waals surface area contributed by atoms with E-state index in [2.05, 4.69) is 4.98 Å². The van der Waals surface area contributed by atoms with Gasteiger partial charge in [0.25, 0.3) is 0 Å². The van der Waals surface area contributed by atoms with Crippen LogP contribution in [0.15, 0.2) is 24.5 Å². The number of rotatable bonds is 2. The van der Waals surface area contributed by atoms with Crippen LogP contribution in [0.3, 0.4) is 0 Å². The molecule has 0 aliphatic heterocycles. The molecule has 0 radical (unpaired) electrons. The minimum absolute atomic E-state index is 0.0536. The van der Waals surface area contributed by atoms with Gasteiger partial charge in [-0.1, -0.05) is 11.6 Å². The highest BCUT2D eigenvalue weighted by atomic mass is 35.5. The number of ether oxygens (including phenoxy) is 1. The number of nitrogens with zero attached hydrogens (tertiary/aromatic N) is 2. The maximum Gasteiger partial charge on any atom is 0.176 e. The molecule has 1 N–H and O–H groups in total. The van der Waals surface area contributed by atoms with Crippen molar-refractivity contribution in [3.05, 3.63) is 29.5 Å². The van der Waals surface area contributed by atoms with Gasteiger partial charge in [0, 0.05) is 25.0 Å². The highest BCUT2D eigenvalue weighted by Gasteiger charge is 2.12. The summed E-state index contributed by atoms with van der Waals surface area (Å²) in [7, 11) is 3.36. The van der Waals surface area contributed by atoms with Crippen molar-refractivity contribution in [1.29, 1.82) is 0 Å². The van der Waals surface area contributed by atoms with Crippen LogP contribution in [0.25, 0.3) is 11.4 Å². The number of aromatic hydroxyl groups is 1. The van der Waals surface area contributed by atoms with Gasteiger partial charge in [-0.25, -0.2) is 4.98 Å². The summed E-state index contributed by atoms with van der Waals surface area (Å²) in [5, 5.41) is 9.85. The Morgan fingerprint density at radius 1 is 1.44 bits per heavy atom. The molecule has 0 saturated heterocycles. The van der Waals surface area contributed by atoms with E-state index in [-0.39, 0.29) is 10.8 Å². The first-order valence-corrected chi connectivity index (χ1v) is 5.05. The van der Waals surface area contributed by atoms with Crippen LogP contribution in [0, 0.1) is 0 Å². The van der Waals surface area contributed by atoms with E-state index in [4.69, 9.17) is 16.3 Å². The fourth-order valence-corrected chi connectivity index (χ4v) is 1.71. The normalized spacial score (nSPS) is 10.4. The monoisotopic (exact) mass is 238 g/mol. The molecule has 0 bridgehead atoms. The van der Waals surface area contributed by atoms with Crippen LogP contribution < -0.4 is 4.74 Å². The molecule has 2 aromatic rings. The van der Waals surface area contributed by atoms with E-state index in [1.165, 1.54) is 7.11 Å². The van der Waals surface area contributed by atoms with Gasteiger partial charge in [0.15, 0.2) is 11.5 Å². The van der Waals surface area contributed by atoms with Gasteiger partial charge < -0.3 is 14.4 Å². The number of phenols is 1. The zero-order valence-electron chi connectivity index (χ0n) is 8.94. The molecule has 0 fully saturated rings. The molecule has 4 nitrogen and oxygen atoms in total. The van der Waals surface area contributed by atoms with Crippen LogP contribution in [0.4, 0.5) is 0 Å². The number of methoxy groups -OCH3 is 1. The predicted octanol–water partition coefficient (Wildman–Crippen LogP) is 2.45. The topological polar surface area (TPSA) is 47.3 Å². The molecule has 0 atom stereocenters. The SMILES string of the molecule is COc1cc(-c2nccn2C)cc(Cl)c1O. The van der Waals surface area contributed by atoms with Crippen LogP contribution in [0.5, 0.6) is 11.5 Å². The molecule has 1 aromatic carbocycles. The van der Waals surface area contributed by atoms with Gasteiger partial charge in [-0.15, -0.1) is 0 Å². The Morgan fingerprint density at radius 3 is 2.75 bits per heavy atom. The van der Waals surface area contributed by atoms with Gasteiger partial charge in [0.2, 0.25) is 0 Å². The first-order valence-electron chi connectivity index (χ1n) is 4.67. The third kappa shape index (κ3) is 1.72. The molecule has 16 heavy (non-hydrogen) atoms. The van der Waals surface area contributed by atoms with Gasteiger partial charge in [0.05, 0.1) is 12.1 Å². The maximum absolute atomic E-state index is 9.60. The van der Waals surface area contributed by atoms with Gasteiger partial charge in [-0.2, -0.15) is 0 Å². The highest BCUT2D eigenvalue weighted by molar-refractivity contribution is 6.32. The minimum atomic E-state index is -0.0536. The summed E-state index contributed by atoms with van der Waals surface area (Å²) in [4.78, 5) is 4.20. The number of halogens is 1. The van der Waals surface area contributed by atoms with Gasteiger partial charge in [0.1, 0.15) is 5.82 Å². The number of imidazole rings is 1. The van der Waals surface area contributed by atoms with E-state index in [1.54, 1.807) is 18.3 Å². The Kier molecular flexibility index (Phi) is 2.75. The molecule has 0 unspecified atom stereocenters. The van der Waals surface area contributed by atoms with E-state index in [9.17, 15) is 5.11 Å². The van der Waals surface area contributed by atoms with Crippen LogP contribution in [-0.4, -0.2) is 21.8 Å². The second-order valence-electron chi connectivity index (χ2n) is 3.37. The molecule has 0 amide bonds. The first-order chi connectivity index (χ1) is 7.63.